The predicted octanol–water partition coefficient (Wildman–Crippen LogP) is 2.55. The molecule has 0 saturated carbocycles. The Bertz CT molecular complexity index is 422. The van der Waals surface area contributed by atoms with E-state index >= 15 is 0 Å². The van der Waals surface area contributed by atoms with Gasteiger partial charge in [-0.05, 0) is 44.1 Å². The first-order valence-electron chi connectivity index (χ1n) is 6.48. The van der Waals surface area contributed by atoms with Crippen LogP contribution in [0.15, 0.2) is 24.3 Å². The Balaban J connectivity index is 1.88. The van der Waals surface area contributed by atoms with Gasteiger partial charge in [-0.3, -0.25) is 9.69 Å². The fourth-order valence-corrected chi connectivity index (χ4v) is 2.68. The molecule has 0 spiro atoms. The third-order valence-electron chi connectivity index (χ3n) is 3.49. The van der Waals surface area contributed by atoms with E-state index in [4.69, 9.17) is 11.6 Å². The molecule has 0 aromatic heterocycles. The molecular formula is C14H19ClN2O. The van der Waals surface area contributed by atoms with Gasteiger partial charge in [0.15, 0.2) is 0 Å². The maximum Gasteiger partial charge on any atom is 0.251 e. The Morgan fingerprint density at radius 3 is 3.11 bits per heavy atom. The molecule has 0 aliphatic carbocycles. The van der Waals surface area contributed by atoms with Gasteiger partial charge in [0.25, 0.3) is 5.91 Å². The second kappa shape index (κ2) is 6.21. The van der Waals surface area contributed by atoms with Crippen LogP contribution in [-0.2, 0) is 0 Å². The van der Waals surface area contributed by atoms with Gasteiger partial charge in [0.1, 0.15) is 0 Å². The summed E-state index contributed by atoms with van der Waals surface area (Å²) in [7, 11) is 0. The number of nitrogens with one attached hydrogen (secondary N) is 1. The van der Waals surface area contributed by atoms with E-state index in [-0.39, 0.29) is 5.91 Å². The minimum Gasteiger partial charge on any atom is -0.350 e. The molecule has 1 saturated heterocycles. The minimum absolute atomic E-state index is 0.0412. The number of amides is 1. The first kappa shape index (κ1) is 13.4. The Kier molecular flexibility index (Phi) is 4.61. The van der Waals surface area contributed by atoms with Crippen molar-refractivity contribution in [1.82, 2.24) is 10.2 Å². The molecule has 1 fully saturated rings. The molecular weight excluding hydrogens is 248 g/mol. The van der Waals surface area contributed by atoms with E-state index < -0.39 is 0 Å². The summed E-state index contributed by atoms with van der Waals surface area (Å²) >= 11 is 5.87. The average Bonchev–Trinajstić information content (AvgIpc) is 2.83. The van der Waals surface area contributed by atoms with E-state index in [0.29, 0.717) is 16.6 Å². The number of halogens is 1. The van der Waals surface area contributed by atoms with E-state index in [0.717, 1.165) is 19.6 Å². The van der Waals surface area contributed by atoms with Gasteiger partial charge >= 0.3 is 0 Å². The lowest BCUT2D eigenvalue weighted by atomic mass is 10.2. The Morgan fingerprint density at radius 1 is 1.56 bits per heavy atom. The van der Waals surface area contributed by atoms with Crippen molar-refractivity contribution in [3.63, 3.8) is 0 Å². The molecule has 4 heteroatoms. The van der Waals surface area contributed by atoms with Gasteiger partial charge in [0.2, 0.25) is 0 Å². The van der Waals surface area contributed by atoms with Crippen molar-refractivity contribution in [3.8, 4) is 0 Å². The summed E-state index contributed by atoms with van der Waals surface area (Å²) in [4.78, 5) is 14.4. The van der Waals surface area contributed by atoms with Crippen LogP contribution in [0, 0.1) is 0 Å². The van der Waals surface area contributed by atoms with Crippen molar-refractivity contribution < 1.29 is 4.79 Å². The highest BCUT2D eigenvalue weighted by molar-refractivity contribution is 6.30. The van der Waals surface area contributed by atoms with Gasteiger partial charge in [0, 0.05) is 23.2 Å². The van der Waals surface area contributed by atoms with Crippen LogP contribution in [0.5, 0.6) is 0 Å². The normalized spacial score (nSPS) is 20.0. The fourth-order valence-electron chi connectivity index (χ4n) is 2.48. The molecule has 1 aliphatic heterocycles. The largest absolute Gasteiger partial charge is 0.350 e. The van der Waals surface area contributed by atoms with Crippen molar-refractivity contribution >= 4 is 17.5 Å². The Labute approximate surface area is 113 Å². The number of benzene rings is 1. The fraction of sp³-hybridized carbons (Fsp3) is 0.500. The summed E-state index contributed by atoms with van der Waals surface area (Å²) in [6.07, 6.45) is 2.40. The van der Waals surface area contributed by atoms with E-state index in [9.17, 15) is 4.79 Å². The second-order valence-corrected chi connectivity index (χ2v) is 5.08. The zero-order chi connectivity index (χ0) is 13.0. The molecule has 1 aromatic carbocycles. The molecule has 3 nitrogen and oxygen atoms in total. The van der Waals surface area contributed by atoms with E-state index in [1.165, 1.54) is 12.8 Å². The summed E-state index contributed by atoms with van der Waals surface area (Å²) in [6, 6.07) is 7.54. The van der Waals surface area contributed by atoms with Crippen LogP contribution in [0.25, 0.3) is 0 Å². The van der Waals surface area contributed by atoms with Gasteiger partial charge in [-0.25, -0.2) is 0 Å². The lowest BCUT2D eigenvalue weighted by molar-refractivity contribution is 0.0941. The standard InChI is InChI=1S/C14H19ClN2O/c1-2-17-8-4-7-13(17)10-16-14(18)11-5-3-6-12(15)9-11/h3,5-6,9,13H,2,4,7-8,10H2,1H3,(H,16,18). The monoisotopic (exact) mass is 266 g/mol. The van der Waals surface area contributed by atoms with Crippen LogP contribution in [0.1, 0.15) is 30.1 Å². The number of carbonyl (C=O) groups is 1. The molecule has 1 heterocycles. The number of rotatable bonds is 4. The number of carbonyl (C=O) groups excluding carboxylic acids is 1. The number of nitrogens with zero attached hydrogens (tertiary/aromatic N) is 1. The highest BCUT2D eigenvalue weighted by atomic mass is 35.5. The summed E-state index contributed by atoms with van der Waals surface area (Å²) in [5, 5.41) is 3.59. The van der Waals surface area contributed by atoms with Crippen LogP contribution in [0.4, 0.5) is 0 Å². The molecule has 1 amide bonds. The smallest absolute Gasteiger partial charge is 0.251 e. The van der Waals surface area contributed by atoms with Gasteiger partial charge in [-0.1, -0.05) is 24.6 Å². The maximum atomic E-state index is 12.0. The van der Waals surface area contributed by atoms with Crippen LogP contribution >= 0.6 is 11.6 Å². The number of hydrogen-bond acceptors (Lipinski definition) is 2. The first-order valence-corrected chi connectivity index (χ1v) is 6.86. The zero-order valence-corrected chi connectivity index (χ0v) is 11.4. The number of likely N-dealkylation sites (tertiary alicyclic amines) is 1. The van der Waals surface area contributed by atoms with E-state index in [1.807, 2.05) is 0 Å². The highest BCUT2D eigenvalue weighted by Gasteiger charge is 2.23. The molecule has 0 radical (unpaired) electrons. The predicted molar refractivity (Wildman–Crippen MR) is 74.1 cm³/mol. The van der Waals surface area contributed by atoms with Crippen LogP contribution in [0.2, 0.25) is 5.02 Å². The maximum absolute atomic E-state index is 12.0. The molecule has 1 N–H and O–H groups in total. The van der Waals surface area contributed by atoms with Crippen molar-refractivity contribution in [2.45, 2.75) is 25.8 Å². The minimum atomic E-state index is -0.0412. The summed E-state index contributed by atoms with van der Waals surface area (Å²) in [5.74, 6) is -0.0412. The molecule has 2 rings (SSSR count). The average molecular weight is 267 g/mol. The van der Waals surface area contributed by atoms with Crippen molar-refractivity contribution in [1.29, 1.82) is 0 Å². The Morgan fingerprint density at radius 2 is 2.39 bits per heavy atom. The highest BCUT2D eigenvalue weighted by Crippen LogP contribution is 2.16. The molecule has 98 valence electrons. The van der Waals surface area contributed by atoms with Gasteiger partial charge in [0.05, 0.1) is 0 Å². The Hall–Kier alpha value is -1.06. The topological polar surface area (TPSA) is 32.3 Å². The van der Waals surface area contributed by atoms with Crippen molar-refractivity contribution in [2.24, 2.45) is 0 Å². The molecule has 0 bridgehead atoms. The lowest BCUT2D eigenvalue weighted by Gasteiger charge is -2.22. The quantitative estimate of drug-likeness (QED) is 0.908. The van der Waals surface area contributed by atoms with Crippen LogP contribution < -0.4 is 5.32 Å². The molecule has 1 aromatic rings. The molecule has 1 unspecified atom stereocenters. The summed E-state index contributed by atoms with van der Waals surface area (Å²) in [5.41, 5.74) is 0.628. The van der Waals surface area contributed by atoms with E-state index in [1.54, 1.807) is 24.3 Å². The van der Waals surface area contributed by atoms with Crippen molar-refractivity contribution in [3.05, 3.63) is 34.9 Å². The zero-order valence-electron chi connectivity index (χ0n) is 10.7. The lowest BCUT2D eigenvalue weighted by Crippen LogP contribution is -2.40. The SMILES string of the molecule is CCN1CCCC1CNC(=O)c1cccc(Cl)c1. The second-order valence-electron chi connectivity index (χ2n) is 4.65. The number of likely N-dealkylation sites (N-methyl/N-ethyl adjacent to an activating group) is 1. The third kappa shape index (κ3) is 3.24. The van der Waals surface area contributed by atoms with Gasteiger partial charge in [-0.2, -0.15) is 0 Å². The van der Waals surface area contributed by atoms with Crippen LogP contribution in [-0.4, -0.2) is 36.5 Å². The van der Waals surface area contributed by atoms with Gasteiger partial charge in [-0.15, -0.1) is 0 Å². The summed E-state index contributed by atoms with van der Waals surface area (Å²) in [6.45, 7) is 5.09. The van der Waals surface area contributed by atoms with Gasteiger partial charge < -0.3 is 5.32 Å². The van der Waals surface area contributed by atoms with E-state index in [2.05, 4.69) is 17.1 Å². The summed E-state index contributed by atoms with van der Waals surface area (Å²) < 4.78 is 0. The molecule has 1 aliphatic rings. The third-order valence-corrected chi connectivity index (χ3v) is 3.73. The molecule has 18 heavy (non-hydrogen) atoms. The first-order chi connectivity index (χ1) is 8.70. The molecule has 1 atom stereocenters. The van der Waals surface area contributed by atoms with Crippen LogP contribution in [0.3, 0.4) is 0 Å². The number of hydrogen-bond donors (Lipinski definition) is 1. The van der Waals surface area contributed by atoms with Crippen molar-refractivity contribution in [2.75, 3.05) is 19.6 Å².